The number of aromatic nitrogens is 1. The van der Waals surface area contributed by atoms with Crippen LogP contribution < -0.4 is 9.64 Å². The highest BCUT2D eigenvalue weighted by molar-refractivity contribution is 5.74. The van der Waals surface area contributed by atoms with Gasteiger partial charge in [-0.2, -0.15) is 0 Å². The van der Waals surface area contributed by atoms with E-state index in [1.807, 2.05) is 71.9 Å². The first-order valence-electron chi connectivity index (χ1n) is 16.9. The van der Waals surface area contributed by atoms with Crippen LogP contribution in [0.5, 0.6) is 5.75 Å². The highest BCUT2D eigenvalue weighted by atomic mass is 16.6. The molecule has 48 heavy (non-hydrogen) atoms. The van der Waals surface area contributed by atoms with Crippen molar-refractivity contribution in [2.75, 3.05) is 31.6 Å². The molecule has 9 heteroatoms. The molecule has 0 unspecified atom stereocenters. The van der Waals surface area contributed by atoms with E-state index in [4.69, 9.17) is 23.9 Å². The minimum absolute atomic E-state index is 0.214. The summed E-state index contributed by atoms with van der Waals surface area (Å²) in [4.78, 5) is 34.6. The summed E-state index contributed by atoms with van der Waals surface area (Å²) in [7, 11) is 1.65. The van der Waals surface area contributed by atoms with Gasteiger partial charge in [-0.15, -0.1) is 0 Å². The van der Waals surface area contributed by atoms with Crippen LogP contribution in [0.3, 0.4) is 0 Å². The summed E-state index contributed by atoms with van der Waals surface area (Å²) in [6.45, 7) is 18.3. The Kier molecular flexibility index (Phi) is 10.4. The van der Waals surface area contributed by atoms with Gasteiger partial charge in [-0.1, -0.05) is 30.3 Å². The first-order chi connectivity index (χ1) is 22.6. The van der Waals surface area contributed by atoms with Gasteiger partial charge in [0.2, 0.25) is 0 Å². The first kappa shape index (κ1) is 35.2. The molecule has 2 aliphatic heterocycles. The zero-order chi connectivity index (χ0) is 34.8. The molecule has 5 rings (SSSR count). The van der Waals surface area contributed by atoms with Crippen LogP contribution in [0.4, 0.5) is 10.6 Å². The third kappa shape index (κ3) is 8.48. The standard InChI is InChI=1S/C39H51N3O6/c1-25-12-10-13-29(32-14-11-15-34(40-32)41-19-17-30(33(23-41)45-9)36(43)47-38(3,4)5)35(25)46-24-27-20-26(2)31-22-42(18-16-28(31)21-27)37(44)48-39(6,7)8/h10-15,20-21,30,33H,16-19,22-24H2,1-9H3/t30-,33-/m1/s1. The molecule has 2 atom stereocenters. The molecular formula is C39H51N3O6. The van der Waals surface area contributed by atoms with E-state index in [2.05, 4.69) is 36.9 Å². The molecule has 2 aromatic carbocycles. The Bertz CT molecular complexity index is 1640. The lowest BCUT2D eigenvalue weighted by Gasteiger charge is -2.38. The molecule has 9 nitrogen and oxygen atoms in total. The van der Waals surface area contributed by atoms with E-state index in [0.29, 0.717) is 39.2 Å². The van der Waals surface area contributed by atoms with Crippen LogP contribution in [-0.4, -0.2) is 66.0 Å². The van der Waals surface area contributed by atoms with Crippen LogP contribution in [0.2, 0.25) is 0 Å². The number of hydrogen-bond acceptors (Lipinski definition) is 8. The van der Waals surface area contributed by atoms with Crippen LogP contribution in [0, 0.1) is 19.8 Å². The van der Waals surface area contributed by atoms with E-state index in [1.165, 1.54) is 11.1 Å². The van der Waals surface area contributed by atoms with Gasteiger partial charge in [0.25, 0.3) is 0 Å². The monoisotopic (exact) mass is 657 g/mol. The Morgan fingerprint density at radius 2 is 1.65 bits per heavy atom. The lowest BCUT2D eigenvalue weighted by molar-refractivity contribution is -0.165. The number of para-hydroxylation sites is 1. The Morgan fingerprint density at radius 3 is 2.35 bits per heavy atom. The zero-order valence-corrected chi connectivity index (χ0v) is 30.0. The maximum absolute atomic E-state index is 12.9. The second kappa shape index (κ2) is 14.2. The lowest BCUT2D eigenvalue weighted by atomic mass is 9.93. The van der Waals surface area contributed by atoms with Crippen molar-refractivity contribution in [3.05, 3.63) is 76.3 Å². The number of carbonyl (C=O) groups excluding carboxylic acids is 2. The Morgan fingerprint density at radius 1 is 0.917 bits per heavy atom. The van der Waals surface area contributed by atoms with E-state index in [9.17, 15) is 9.59 Å². The number of pyridine rings is 1. The quantitative estimate of drug-likeness (QED) is 0.243. The number of rotatable bonds is 7. The van der Waals surface area contributed by atoms with Gasteiger partial charge in [0.1, 0.15) is 29.4 Å². The van der Waals surface area contributed by atoms with Gasteiger partial charge in [-0.3, -0.25) is 4.79 Å². The molecule has 1 aromatic heterocycles. The number of amides is 1. The first-order valence-corrected chi connectivity index (χ1v) is 16.9. The molecule has 0 saturated carbocycles. The Labute approximate surface area is 285 Å². The molecule has 0 radical (unpaired) electrons. The van der Waals surface area contributed by atoms with Crippen LogP contribution in [0.1, 0.15) is 75.8 Å². The summed E-state index contributed by atoms with van der Waals surface area (Å²) in [5.74, 6) is 1.10. The largest absolute Gasteiger partial charge is 0.488 e. The lowest BCUT2D eigenvalue weighted by Crippen LogP contribution is -2.49. The number of esters is 1. The second-order valence-electron chi connectivity index (χ2n) is 15.0. The molecule has 1 amide bonds. The summed E-state index contributed by atoms with van der Waals surface area (Å²) in [5, 5.41) is 0. The minimum Gasteiger partial charge on any atom is -0.488 e. The number of methoxy groups -OCH3 is 1. The summed E-state index contributed by atoms with van der Waals surface area (Å²) < 4.78 is 23.6. The highest BCUT2D eigenvalue weighted by Crippen LogP contribution is 2.35. The average molecular weight is 658 g/mol. The molecule has 1 saturated heterocycles. The van der Waals surface area contributed by atoms with Gasteiger partial charge in [-0.05, 0) is 114 Å². The fraction of sp³-hybridized carbons (Fsp3) is 0.513. The number of hydrogen-bond donors (Lipinski definition) is 0. The predicted octanol–water partition coefficient (Wildman–Crippen LogP) is 7.42. The summed E-state index contributed by atoms with van der Waals surface area (Å²) in [6, 6.07) is 16.5. The van der Waals surface area contributed by atoms with Gasteiger partial charge in [0, 0.05) is 38.9 Å². The Hall–Kier alpha value is -4.11. The fourth-order valence-corrected chi connectivity index (χ4v) is 6.47. The number of anilines is 1. The maximum atomic E-state index is 12.9. The third-order valence-corrected chi connectivity index (χ3v) is 8.78. The van der Waals surface area contributed by atoms with Gasteiger partial charge in [-0.25, -0.2) is 9.78 Å². The van der Waals surface area contributed by atoms with E-state index in [1.54, 1.807) is 12.0 Å². The minimum atomic E-state index is -0.542. The molecule has 0 spiro atoms. The maximum Gasteiger partial charge on any atom is 0.410 e. The van der Waals surface area contributed by atoms with Crippen molar-refractivity contribution in [2.24, 2.45) is 5.92 Å². The van der Waals surface area contributed by atoms with Crippen LogP contribution >= 0.6 is 0 Å². The molecular weight excluding hydrogens is 606 g/mol. The van der Waals surface area contributed by atoms with Gasteiger partial charge >= 0.3 is 12.1 Å². The molecule has 2 aliphatic rings. The van der Waals surface area contributed by atoms with Crippen molar-refractivity contribution < 1.29 is 28.5 Å². The number of fused-ring (bicyclic) bond motifs is 1. The molecule has 3 aromatic rings. The topological polar surface area (TPSA) is 90.4 Å². The van der Waals surface area contributed by atoms with Crippen molar-refractivity contribution >= 4 is 17.9 Å². The number of piperidine rings is 1. The van der Waals surface area contributed by atoms with Crippen molar-refractivity contribution in [3.8, 4) is 17.0 Å². The van der Waals surface area contributed by atoms with E-state index in [-0.39, 0.29) is 24.1 Å². The summed E-state index contributed by atoms with van der Waals surface area (Å²) in [5.41, 5.74) is 6.36. The number of carbonyl (C=O) groups is 2. The highest BCUT2D eigenvalue weighted by Gasteiger charge is 2.37. The van der Waals surface area contributed by atoms with Gasteiger partial charge < -0.3 is 28.7 Å². The van der Waals surface area contributed by atoms with Gasteiger partial charge in [0.15, 0.2) is 0 Å². The molecule has 1 fully saturated rings. The Balaban J connectivity index is 1.30. The number of aryl methyl sites for hydroxylation is 2. The molecule has 258 valence electrons. The number of benzene rings is 2. The second-order valence-corrected chi connectivity index (χ2v) is 15.0. The van der Waals surface area contributed by atoms with Crippen molar-refractivity contribution in [3.63, 3.8) is 0 Å². The third-order valence-electron chi connectivity index (χ3n) is 8.78. The van der Waals surface area contributed by atoms with Crippen molar-refractivity contribution in [1.82, 2.24) is 9.88 Å². The van der Waals surface area contributed by atoms with Crippen LogP contribution in [0.25, 0.3) is 11.3 Å². The smallest absolute Gasteiger partial charge is 0.410 e. The van der Waals surface area contributed by atoms with E-state index in [0.717, 1.165) is 45.9 Å². The molecule has 0 bridgehead atoms. The summed E-state index contributed by atoms with van der Waals surface area (Å²) >= 11 is 0. The number of ether oxygens (including phenoxy) is 4. The normalized spacial score (nSPS) is 18.3. The van der Waals surface area contributed by atoms with Crippen molar-refractivity contribution in [1.29, 1.82) is 0 Å². The fourth-order valence-electron chi connectivity index (χ4n) is 6.47. The molecule has 3 heterocycles. The van der Waals surface area contributed by atoms with Crippen molar-refractivity contribution in [2.45, 2.75) is 98.7 Å². The number of nitrogens with zero attached hydrogens (tertiary/aromatic N) is 3. The van der Waals surface area contributed by atoms with Gasteiger partial charge in [0.05, 0.1) is 17.7 Å². The molecule has 0 N–H and O–H groups in total. The predicted molar refractivity (Wildman–Crippen MR) is 187 cm³/mol. The average Bonchev–Trinajstić information content (AvgIpc) is 3.02. The SMILES string of the molecule is CO[C@@H]1CN(c2cccc(-c3cccc(C)c3OCc3cc(C)c4c(c3)CCN(C(=O)OC(C)(C)C)C4)n2)CC[C@H]1C(=O)OC(C)(C)C. The zero-order valence-electron chi connectivity index (χ0n) is 30.0. The van der Waals surface area contributed by atoms with Crippen LogP contribution in [0.15, 0.2) is 48.5 Å². The summed E-state index contributed by atoms with van der Waals surface area (Å²) in [6.07, 6.45) is 0.831. The molecule has 0 aliphatic carbocycles. The van der Waals surface area contributed by atoms with E-state index < -0.39 is 11.2 Å². The van der Waals surface area contributed by atoms with Crippen LogP contribution in [-0.2, 0) is 38.6 Å². The van der Waals surface area contributed by atoms with E-state index >= 15 is 0 Å².